The molecule has 28 heavy (non-hydrogen) atoms. The SMILES string of the molecule is CC(C)(C)OC(=O)ON(Cc1ccc(NS(C)(=O)=O)cc1)C(=O)OC(C)(C)C. The van der Waals surface area contributed by atoms with Crippen molar-refractivity contribution < 1.29 is 32.3 Å². The second-order valence-corrected chi connectivity index (χ2v) is 9.89. The standard InChI is InChI=1S/C18H28N2O7S/c1-17(2,3)25-15(21)20(27-16(22)26-18(4,5)6)12-13-8-10-14(11-9-13)19-28(7,23)24/h8-11,19H,12H2,1-7H3. The summed E-state index contributed by atoms with van der Waals surface area (Å²) in [4.78, 5) is 29.4. The molecule has 1 aromatic carbocycles. The predicted octanol–water partition coefficient (Wildman–Crippen LogP) is 3.66. The minimum atomic E-state index is -3.40. The van der Waals surface area contributed by atoms with Crippen molar-refractivity contribution in [3.8, 4) is 0 Å². The average Bonchev–Trinajstić information content (AvgIpc) is 2.43. The maximum absolute atomic E-state index is 12.4. The maximum Gasteiger partial charge on any atom is 0.534 e. The third-order valence-electron chi connectivity index (χ3n) is 2.75. The molecule has 0 bridgehead atoms. The van der Waals surface area contributed by atoms with Crippen molar-refractivity contribution in [3.05, 3.63) is 29.8 Å². The van der Waals surface area contributed by atoms with E-state index < -0.39 is 33.5 Å². The van der Waals surface area contributed by atoms with E-state index in [4.69, 9.17) is 14.3 Å². The van der Waals surface area contributed by atoms with Crippen LogP contribution in [-0.4, -0.2) is 43.2 Å². The minimum Gasteiger partial charge on any atom is -0.442 e. The number of rotatable bonds is 4. The zero-order valence-corrected chi connectivity index (χ0v) is 18.0. The second-order valence-electron chi connectivity index (χ2n) is 8.14. The Kier molecular flexibility index (Phi) is 7.30. The van der Waals surface area contributed by atoms with Crippen LogP contribution in [0.1, 0.15) is 47.1 Å². The molecule has 0 aliphatic heterocycles. The average molecular weight is 416 g/mol. The van der Waals surface area contributed by atoms with Crippen LogP contribution in [0.3, 0.4) is 0 Å². The topological polar surface area (TPSA) is 111 Å². The number of hydrogen-bond donors (Lipinski definition) is 1. The third kappa shape index (κ3) is 10.0. The Labute approximate surface area is 165 Å². The number of sulfonamides is 1. The first kappa shape index (κ1) is 23.5. The molecular formula is C18H28N2O7S. The predicted molar refractivity (Wildman–Crippen MR) is 104 cm³/mol. The van der Waals surface area contributed by atoms with Gasteiger partial charge in [0, 0.05) is 5.69 Å². The Morgan fingerprint density at radius 3 is 1.89 bits per heavy atom. The molecular weight excluding hydrogens is 388 g/mol. The highest BCUT2D eigenvalue weighted by molar-refractivity contribution is 7.92. The molecule has 0 heterocycles. The van der Waals surface area contributed by atoms with E-state index in [1.165, 1.54) is 12.1 Å². The van der Waals surface area contributed by atoms with Gasteiger partial charge < -0.3 is 9.47 Å². The molecule has 0 fully saturated rings. The van der Waals surface area contributed by atoms with E-state index in [0.29, 0.717) is 11.3 Å². The van der Waals surface area contributed by atoms with Crippen LogP contribution in [0.5, 0.6) is 0 Å². The number of nitrogens with one attached hydrogen (secondary N) is 1. The van der Waals surface area contributed by atoms with Crippen LogP contribution >= 0.6 is 0 Å². The van der Waals surface area contributed by atoms with Crippen molar-refractivity contribution >= 4 is 28.0 Å². The number of hydroxylamine groups is 2. The molecule has 158 valence electrons. The highest BCUT2D eigenvalue weighted by atomic mass is 32.2. The molecule has 9 nitrogen and oxygen atoms in total. The number of nitrogens with zero attached hydrogens (tertiary/aromatic N) is 1. The van der Waals surface area contributed by atoms with Gasteiger partial charge in [0.25, 0.3) is 0 Å². The van der Waals surface area contributed by atoms with Gasteiger partial charge in [-0.3, -0.25) is 9.56 Å². The smallest absolute Gasteiger partial charge is 0.442 e. The van der Waals surface area contributed by atoms with Crippen LogP contribution < -0.4 is 4.72 Å². The third-order valence-corrected chi connectivity index (χ3v) is 3.36. The van der Waals surface area contributed by atoms with Gasteiger partial charge in [0.05, 0.1) is 12.8 Å². The fraction of sp³-hybridized carbons (Fsp3) is 0.556. The van der Waals surface area contributed by atoms with Crippen molar-refractivity contribution in [2.45, 2.75) is 59.3 Å². The molecule has 0 saturated heterocycles. The first-order chi connectivity index (χ1) is 12.5. The number of carbonyl (C=O) groups excluding carboxylic acids is 2. The highest BCUT2D eigenvalue weighted by Crippen LogP contribution is 2.17. The first-order valence-corrected chi connectivity index (χ1v) is 10.4. The second kappa shape index (κ2) is 8.68. The van der Waals surface area contributed by atoms with Gasteiger partial charge in [-0.15, -0.1) is 5.06 Å². The van der Waals surface area contributed by atoms with Gasteiger partial charge in [-0.25, -0.2) is 18.0 Å². The number of carbonyl (C=O) groups is 2. The van der Waals surface area contributed by atoms with E-state index >= 15 is 0 Å². The summed E-state index contributed by atoms with van der Waals surface area (Å²) in [6, 6.07) is 6.22. The largest absolute Gasteiger partial charge is 0.534 e. The Morgan fingerprint density at radius 1 is 0.964 bits per heavy atom. The van der Waals surface area contributed by atoms with Gasteiger partial charge in [0.15, 0.2) is 0 Å². The lowest BCUT2D eigenvalue weighted by atomic mass is 10.2. The summed E-state index contributed by atoms with van der Waals surface area (Å²) in [5.41, 5.74) is -0.650. The van der Waals surface area contributed by atoms with Crippen molar-refractivity contribution in [2.24, 2.45) is 0 Å². The Bertz CT molecular complexity index is 791. The molecule has 1 N–H and O–H groups in total. The summed E-state index contributed by atoms with van der Waals surface area (Å²) in [5, 5.41) is 0.748. The summed E-state index contributed by atoms with van der Waals surface area (Å²) in [5.74, 6) is 0. The molecule has 0 spiro atoms. The quantitative estimate of drug-likeness (QED) is 0.589. The van der Waals surface area contributed by atoms with Crippen molar-refractivity contribution in [3.63, 3.8) is 0 Å². The minimum absolute atomic E-state index is 0.118. The molecule has 1 amide bonds. The van der Waals surface area contributed by atoms with Crippen LogP contribution in [-0.2, 0) is 30.9 Å². The van der Waals surface area contributed by atoms with Gasteiger partial charge in [0.2, 0.25) is 10.0 Å². The van der Waals surface area contributed by atoms with Crippen molar-refractivity contribution in [1.82, 2.24) is 5.06 Å². The van der Waals surface area contributed by atoms with E-state index in [1.54, 1.807) is 53.7 Å². The summed E-state index contributed by atoms with van der Waals surface area (Å²) in [7, 11) is -3.40. The van der Waals surface area contributed by atoms with Gasteiger partial charge in [-0.1, -0.05) is 12.1 Å². The molecule has 0 aliphatic carbocycles. The highest BCUT2D eigenvalue weighted by Gasteiger charge is 2.28. The number of hydrogen-bond acceptors (Lipinski definition) is 7. The summed E-state index contributed by atoms with van der Waals surface area (Å²) >= 11 is 0. The van der Waals surface area contributed by atoms with Crippen LogP contribution in [0.25, 0.3) is 0 Å². The molecule has 0 saturated carbocycles. The first-order valence-electron chi connectivity index (χ1n) is 8.52. The van der Waals surface area contributed by atoms with Crippen molar-refractivity contribution in [1.29, 1.82) is 0 Å². The molecule has 0 unspecified atom stereocenters. The van der Waals surface area contributed by atoms with E-state index in [2.05, 4.69) is 4.72 Å². The number of anilines is 1. The normalized spacial score (nSPS) is 12.1. The van der Waals surface area contributed by atoms with Crippen LogP contribution in [0, 0.1) is 0 Å². The number of amides is 1. The molecule has 0 aromatic heterocycles. The molecule has 0 atom stereocenters. The van der Waals surface area contributed by atoms with E-state index in [9.17, 15) is 18.0 Å². The Morgan fingerprint density at radius 2 is 1.46 bits per heavy atom. The van der Waals surface area contributed by atoms with E-state index in [1.807, 2.05) is 0 Å². The summed E-state index contributed by atoms with van der Waals surface area (Å²) < 4.78 is 35.2. The lowest BCUT2D eigenvalue weighted by Gasteiger charge is -2.27. The maximum atomic E-state index is 12.4. The van der Waals surface area contributed by atoms with Gasteiger partial charge in [-0.05, 0) is 59.2 Å². The van der Waals surface area contributed by atoms with Crippen molar-refractivity contribution in [2.75, 3.05) is 11.0 Å². The molecule has 0 radical (unpaired) electrons. The summed E-state index contributed by atoms with van der Waals surface area (Å²) in [6.45, 7) is 9.93. The zero-order chi connectivity index (χ0) is 21.8. The zero-order valence-electron chi connectivity index (χ0n) is 17.2. The molecule has 0 aliphatic rings. The fourth-order valence-electron chi connectivity index (χ4n) is 1.86. The fourth-order valence-corrected chi connectivity index (χ4v) is 2.43. The lowest BCUT2D eigenvalue weighted by molar-refractivity contribution is -0.140. The van der Waals surface area contributed by atoms with Crippen LogP contribution in [0.15, 0.2) is 24.3 Å². The van der Waals surface area contributed by atoms with Gasteiger partial charge in [0.1, 0.15) is 11.2 Å². The van der Waals surface area contributed by atoms with Crippen LogP contribution in [0.4, 0.5) is 15.3 Å². The Hall–Kier alpha value is -2.49. The number of ether oxygens (including phenoxy) is 2. The van der Waals surface area contributed by atoms with Gasteiger partial charge in [-0.2, -0.15) is 0 Å². The van der Waals surface area contributed by atoms with Crippen LogP contribution in [0.2, 0.25) is 0 Å². The molecule has 1 aromatic rings. The van der Waals surface area contributed by atoms with E-state index in [-0.39, 0.29) is 6.54 Å². The van der Waals surface area contributed by atoms with Gasteiger partial charge >= 0.3 is 12.2 Å². The van der Waals surface area contributed by atoms with E-state index in [0.717, 1.165) is 11.3 Å². The summed E-state index contributed by atoms with van der Waals surface area (Å²) in [6.07, 6.45) is -0.870. The monoisotopic (exact) mass is 416 g/mol. The number of benzene rings is 1. The Balaban J connectivity index is 2.95. The molecule has 1 rings (SSSR count). The molecule has 10 heteroatoms. The lowest BCUT2D eigenvalue weighted by Crippen LogP contribution is -2.39.